The molecule has 4 nitrogen and oxygen atoms in total. The molecule has 1 N–H and O–H groups in total. The summed E-state index contributed by atoms with van der Waals surface area (Å²) in [5, 5.41) is 0.535. The van der Waals surface area contributed by atoms with Gasteiger partial charge in [-0.05, 0) is 62.5 Å². The molecule has 21 heavy (non-hydrogen) atoms. The number of halogens is 1. The van der Waals surface area contributed by atoms with Crippen LogP contribution in [0, 0.1) is 5.92 Å². The second-order valence-corrected chi connectivity index (χ2v) is 7.96. The minimum absolute atomic E-state index is 0.262. The third-order valence-corrected chi connectivity index (χ3v) is 5.54. The highest BCUT2D eigenvalue weighted by Crippen LogP contribution is 2.16. The fraction of sp³-hybridized carbons (Fsp3) is 0.600. The van der Waals surface area contributed by atoms with Gasteiger partial charge in [0.15, 0.2) is 0 Å². The van der Waals surface area contributed by atoms with Gasteiger partial charge < -0.3 is 4.90 Å². The van der Waals surface area contributed by atoms with Crippen molar-refractivity contribution in [2.45, 2.75) is 31.1 Å². The van der Waals surface area contributed by atoms with Gasteiger partial charge in [-0.25, -0.2) is 13.1 Å². The molecule has 1 aliphatic heterocycles. The molecular formula is C15H23ClN2O2S. The average Bonchev–Trinajstić information content (AvgIpc) is 2.44. The molecule has 0 bridgehead atoms. The summed E-state index contributed by atoms with van der Waals surface area (Å²) in [6.45, 7) is 5.96. The monoisotopic (exact) mass is 330 g/mol. The standard InChI is InChI=1S/C15H23ClN2O2S/c1-13-4-2-10-18(12-13)11-3-9-17-21(19,20)15-7-5-14(16)6-8-15/h5-8,13,17H,2-4,9-12H2,1H3/t13-/m0/s1. The molecule has 0 saturated carbocycles. The molecule has 1 heterocycles. The van der Waals surface area contributed by atoms with Gasteiger partial charge in [0.1, 0.15) is 0 Å². The van der Waals surface area contributed by atoms with Crippen LogP contribution >= 0.6 is 11.6 Å². The Bertz CT molecular complexity index is 545. The fourth-order valence-corrected chi connectivity index (χ4v) is 3.90. The van der Waals surface area contributed by atoms with E-state index < -0.39 is 10.0 Å². The number of hydrogen-bond donors (Lipinski definition) is 1. The van der Waals surface area contributed by atoms with Crippen molar-refractivity contribution in [2.75, 3.05) is 26.2 Å². The molecule has 0 aromatic heterocycles. The maximum absolute atomic E-state index is 12.1. The van der Waals surface area contributed by atoms with Gasteiger partial charge in [-0.2, -0.15) is 0 Å². The first kappa shape index (κ1) is 16.7. The van der Waals surface area contributed by atoms with E-state index in [9.17, 15) is 8.42 Å². The number of nitrogens with one attached hydrogen (secondary N) is 1. The van der Waals surface area contributed by atoms with E-state index in [-0.39, 0.29) is 4.90 Å². The van der Waals surface area contributed by atoms with E-state index in [1.165, 1.54) is 25.0 Å². The maximum atomic E-state index is 12.1. The molecule has 0 amide bonds. The Labute approximate surface area is 132 Å². The SMILES string of the molecule is C[C@H]1CCCN(CCCNS(=O)(=O)c2ccc(Cl)cc2)C1. The lowest BCUT2D eigenvalue weighted by Crippen LogP contribution is -2.36. The van der Waals surface area contributed by atoms with Crippen LogP contribution in [0.15, 0.2) is 29.2 Å². The van der Waals surface area contributed by atoms with Gasteiger partial charge in [0.25, 0.3) is 0 Å². The molecule has 1 atom stereocenters. The summed E-state index contributed by atoms with van der Waals surface area (Å²) in [6, 6.07) is 6.23. The van der Waals surface area contributed by atoms with Crippen LogP contribution in [-0.2, 0) is 10.0 Å². The van der Waals surface area contributed by atoms with Gasteiger partial charge in [0.2, 0.25) is 10.0 Å². The molecule has 118 valence electrons. The molecule has 1 aromatic rings. The van der Waals surface area contributed by atoms with Gasteiger partial charge >= 0.3 is 0 Å². The molecule has 0 radical (unpaired) electrons. The van der Waals surface area contributed by atoms with Crippen molar-refractivity contribution in [2.24, 2.45) is 5.92 Å². The summed E-state index contributed by atoms with van der Waals surface area (Å²) in [6.07, 6.45) is 3.39. The van der Waals surface area contributed by atoms with Crippen molar-refractivity contribution in [3.63, 3.8) is 0 Å². The Morgan fingerprint density at radius 2 is 2.05 bits per heavy atom. The van der Waals surface area contributed by atoms with Crippen molar-refractivity contribution in [1.82, 2.24) is 9.62 Å². The van der Waals surface area contributed by atoms with Gasteiger partial charge in [-0.1, -0.05) is 18.5 Å². The highest BCUT2D eigenvalue weighted by molar-refractivity contribution is 7.89. The summed E-state index contributed by atoms with van der Waals surface area (Å²) in [5.74, 6) is 0.754. The normalized spacial score (nSPS) is 20.6. The van der Waals surface area contributed by atoms with Crippen molar-refractivity contribution in [3.05, 3.63) is 29.3 Å². The van der Waals surface area contributed by atoms with Crippen LogP contribution in [0.25, 0.3) is 0 Å². The number of piperidine rings is 1. The Kier molecular flexibility index (Phi) is 6.05. The minimum Gasteiger partial charge on any atom is -0.303 e. The Morgan fingerprint density at radius 3 is 2.71 bits per heavy atom. The zero-order chi connectivity index (χ0) is 15.3. The van der Waals surface area contributed by atoms with Crippen molar-refractivity contribution in [3.8, 4) is 0 Å². The molecule has 0 aliphatic carbocycles. The summed E-state index contributed by atoms with van der Waals surface area (Å²) in [7, 11) is -3.42. The van der Waals surface area contributed by atoms with Crippen molar-refractivity contribution in [1.29, 1.82) is 0 Å². The first-order valence-corrected chi connectivity index (χ1v) is 9.31. The summed E-state index contributed by atoms with van der Waals surface area (Å²) < 4.78 is 26.8. The van der Waals surface area contributed by atoms with E-state index in [1.54, 1.807) is 12.1 Å². The molecule has 1 aromatic carbocycles. The van der Waals surface area contributed by atoms with Gasteiger partial charge in [0.05, 0.1) is 4.90 Å². The summed E-state index contributed by atoms with van der Waals surface area (Å²) >= 11 is 5.77. The highest BCUT2D eigenvalue weighted by Gasteiger charge is 2.16. The second-order valence-electron chi connectivity index (χ2n) is 5.75. The lowest BCUT2D eigenvalue weighted by atomic mass is 10.0. The quantitative estimate of drug-likeness (QED) is 0.816. The van der Waals surface area contributed by atoms with E-state index in [1.807, 2.05) is 0 Å². The van der Waals surface area contributed by atoms with E-state index in [0.717, 1.165) is 32.0 Å². The number of benzene rings is 1. The van der Waals surface area contributed by atoms with Gasteiger partial charge in [0, 0.05) is 18.1 Å². The Balaban J connectivity index is 1.76. The third kappa shape index (κ3) is 5.25. The lowest BCUT2D eigenvalue weighted by molar-refractivity contribution is 0.182. The highest BCUT2D eigenvalue weighted by atomic mass is 35.5. The van der Waals surface area contributed by atoms with Crippen LogP contribution in [0.5, 0.6) is 0 Å². The van der Waals surface area contributed by atoms with Crippen LogP contribution in [0.1, 0.15) is 26.2 Å². The van der Waals surface area contributed by atoms with Crippen LogP contribution < -0.4 is 4.72 Å². The average molecular weight is 331 g/mol. The van der Waals surface area contributed by atoms with E-state index in [0.29, 0.717) is 11.6 Å². The summed E-state index contributed by atoms with van der Waals surface area (Å²) in [4.78, 5) is 2.68. The zero-order valence-electron chi connectivity index (χ0n) is 12.4. The third-order valence-electron chi connectivity index (χ3n) is 3.81. The first-order chi connectivity index (χ1) is 9.97. The largest absolute Gasteiger partial charge is 0.303 e. The molecule has 0 spiro atoms. The topological polar surface area (TPSA) is 49.4 Å². The van der Waals surface area contributed by atoms with Crippen LogP contribution in [0.4, 0.5) is 0 Å². The lowest BCUT2D eigenvalue weighted by Gasteiger charge is -2.30. The second kappa shape index (κ2) is 7.58. The number of hydrogen-bond acceptors (Lipinski definition) is 3. The Hall–Kier alpha value is -0.620. The van der Waals surface area contributed by atoms with E-state index >= 15 is 0 Å². The number of nitrogens with zero attached hydrogens (tertiary/aromatic N) is 1. The molecule has 1 saturated heterocycles. The van der Waals surface area contributed by atoms with Crippen molar-refractivity contribution < 1.29 is 8.42 Å². The predicted octanol–water partition coefficient (Wildman–Crippen LogP) is 2.74. The zero-order valence-corrected chi connectivity index (χ0v) is 14.0. The van der Waals surface area contributed by atoms with Gasteiger partial charge in [-0.15, -0.1) is 0 Å². The Morgan fingerprint density at radius 1 is 1.33 bits per heavy atom. The maximum Gasteiger partial charge on any atom is 0.240 e. The molecule has 2 rings (SSSR count). The first-order valence-electron chi connectivity index (χ1n) is 7.45. The van der Waals surface area contributed by atoms with Crippen LogP contribution in [0.2, 0.25) is 5.02 Å². The fourth-order valence-electron chi connectivity index (χ4n) is 2.70. The molecular weight excluding hydrogens is 308 g/mol. The number of likely N-dealkylation sites (tertiary alicyclic amines) is 1. The van der Waals surface area contributed by atoms with E-state index in [4.69, 9.17) is 11.6 Å². The predicted molar refractivity (Wildman–Crippen MR) is 86.1 cm³/mol. The van der Waals surface area contributed by atoms with E-state index in [2.05, 4.69) is 16.5 Å². The summed E-state index contributed by atoms with van der Waals surface area (Å²) in [5.41, 5.74) is 0. The smallest absolute Gasteiger partial charge is 0.240 e. The van der Waals surface area contributed by atoms with Crippen molar-refractivity contribution >= 4 is 21.6 Å². The molecule has 1 fully saturated rings. The van der Waals surface area contributed by atoms with Gasteiger partial charge in [-0.3, -0.25) is 0 Å². The minimum atomic E-state index is -3.42. The van der Waals surface area contributed by atoms with Crippen LogP contribution in [-0.4, -0.2) is 39.5 Å². The molecule has 6 heteroatoms. The molecule has 1 aliphatic rings. The number of sulfonamides is 1. The molecule has 0 unspecified atom stereocenters. The van der Waals surface area contributed by atoms with Crippen LogP contribution in [0.3, 0.4) is 0 Å². The number of rotatable bonds is 6.